The zero-order chi connectivity index (χ0) is 18.1. The van der Waals surface area contributed by atoms with Crippen LogP contribution in [0.25, 0.3) is 21.2 Å². The van der Waals surface area contributed by atoms with Crippen LogP contribution in [-0.4, -0.2) is 35.4 Å². The topological polar surface area (TPSA) is 45.2 Å². The molecule has 0 bridgehead atoms. The van der Waals surface area contributed by atoms with Crippen molar-refractivity contribution in [2.45, 2.75) is 26.3 Å². The van der Waals surface area contributed by atoms with Gasteiger partial charge in [0, 0.05) is 44.2 Å². The molecule has 1 aliphatic heterocycles. The number of hydrogen-bond donors (Lipinski definition) is 1. The van der Waals surface area contributed by atoms with Gasteiger partial charge in [-0.1, -0.05) is 43.3 Å². The Balaban J connectivity index is 1.66. The number of nitrogens with one attached hydrogen (secondary N) is 1. The zero-order valence-electron chi connectivity index (χ0n) is 15.2. The van der Waals surface area contributed by atoms with Crippen LogP contribution < -0.4 is 5.32 Å². The maximum absolute atomic E-state index is 11.3. The van der Waals surface area contributed by atoms with Gasteiger partial charge in [-0.15, -0.1) is 11.3 Å². The minimum Gasteiger partial charge on any atom is -0.352 e. The average Bonchev–Trinajstić information content (AvgIpc) is 3.08. The molecule has 2 aromatic carbocycles. The second-order valence-electron chi connectivity index (χ2n) is 6.84. The van der Waals surface area contributed by atoms with Crippen molar-refractivity contribution in [1.82, 2.24) is 15.2 Å². The van der Waals surface area contributed by atoms with Gasteiger partial charge < -0.3 is 10.2 Å². The molecule has 1 fully saturated rings. The van der Waals surface area contributed by atoms with Crippen molar-refractivity contribution in [1.29, 1.82) is 0 Å². The molecule has 134 valence electrons. The summed E-state index contributed by atoms with van der Waals surface area (Å²) in [5.41, 5.74) is 2.37. The quantitative estimate of drug-likeness (QED) is 0.743. The second-order valence-corrected chi connectivity index (χ2v) is 7.90. The summed E-state index contributed by atoms with van der Waals surface area (Å²) in [4.78, 5) is 19.6. The maximum Gasteiger partial charge on any atom is 0.217 e. The van der Waals surface area contributed by atoms with Crippen LogP contribution in [0.15, 0.2) is 42.6 Å². The number of hydrogen-bond acceptors (Lipinski definition) is 4. The van der Waals surface area contributed by atoms with E-state index in [-0.39, 0.29) is 5.91 Å². The van der Waals surface area contributed by atoms with E-state index < -0.39 is 0 Å². The Kier molecular flexibility index (Phi) is 4.74. The normalized spacial score (nSPS) is 15.2. The Hall–Kier alpha value is -2.24. The summed E-state index contributed by atoms with van der Waals surface area (Å²) in [6.45, 7) is 7.68. The van der Waals surface area contributed by atoms with Crippen LogP contribution in [0.3, 0.4) is 0 Å². The lowest BCUT2D eigenvalue weighted by Gasteiger charge is -2.37. The molecule has 0 aliphatic carbocycles. The van der Waals surface area contributed by atoms with Crippen molar-refractivity contribution in [2.75, 3.05) is 19.6 Å². The monoisotopic (exact) mass is 365 g/mol. The minimum absolute atomic E-state index is 0.00752. The number of carbonyl (C=O) groups excluding carboxylic acids is 1. The Morgan fingerprint density at radius 1 is 1.23 bits per heavy atom. The predicted octanol–water partition coefficient (Wildman–Crippen LogP) is 4.02. The molecule has 0 unspecified atom stereocenters. The van der Waals surface area contributed by atoms with Gasteiger partial charge in [0.05, 0.1) is 9.88 Å². The van der Waals surface area contributed by atoms with Crippen LogP contribution in [0.4, 0.5) is 0 Å². The number of benzene rings is 2. The Morgan fingerprint density at radius 2 is 2.00 bits per heavy atom. The van der Waals surface area contributed by atoms with Crippen LogP contribution in [0.2, 0.25) is 0 Å². The van der Waals surface area contributed by atoms with Gasteiger partial charge in [0.2, 0.25) is 5.91 Å². The van der Waals surface area contributed by atoms with Gasteiger partial charge in [0.15, 0.2) is 0 Å². The number of likely N-dealkylation sites (N-methyl/N-ethyl adjacent to an activating group) is 1. The average molecular weight is 366 g/mol. The summed E-state index contributed by atoms with van der Waals surface area (Å²) < 4.78 is 0. The number of amides is 1. The smallest absolute Gasteiger partial charge is 0.217 e. The molecule has 26 heavy (non-hydrogen) atoms. The molecule has 0 radical (unpaired) electrons. The van der Waals surface area contributed by atoms with Crippen molar-refractivity contribution in [3.05, 3.63) is 53.2 Å². The molecule has 0 atom stereocenters. The first-order valence-electron chi connectivity index (χ1n) is 9.09. The Bertz CT molecular complexity index is 943. The van der Waals surface area contributed by atoms with Crippen LogP contribution in [0, 0.1) is 0 Å². The summed E-state index contributed by atoms with van der Waals surface area (Å²) in [5.74, 6) is 0.575. The first kappa shape index (κ1) is 17.2. The molecule has 1 saturated heterocycles. The van der Waals surface area contributed by atoms with E-state index in [2.05, 4.69) is 53.5 Å². The van der Waals surface area contributed by atoms with Gasteiger partial charge >= 0.3 is 0 Å². The van der Waals surface area contributed by atoms with E-state index in [9.17, 15) is 4.79 Å². The lowest BCUT2D eigenvalue weighted by Crippen LogP contribution is -2.44. The molecule has 2 heterocycles. The SMILES string of the molecule is CCN1CC(c2ncc(-c3ccc(CNC(C)=O)c4ccccc34)s2)C1. The Labute approximate surface area is 157 Å². The first-order chi connectivity index (χ1) is 12.7. The van der Waals surface area contributed by atoms with E-state index in [1.807, 2.05) is 17.5 Å². The van der Waals surface area contributed by atoms with Gasteiger partial charge in [-0.3, -0.25) is 4.79 Å². The first-order valence-corrected chi connectivity index (χ1v) is 9.91. The Morgan fingerprint density at radius 3 is 2.73 bits per heavy atom. The van der Waals surface area contributed by atoms with Crippen LogP contribution in [0.5, 0.6) is 0 Å². The molecule has 0 saturated carbocycles. The van der Waals surface area contributed by atoms with E-state index in [4.69, 9.17) is 4.98 Å². The van der Waals surface area contributed by atoms with E-state index in [1.54, 1.807) is 6.92 Å². The second kappa shape index (κ2) is 7.17. The highest BCUT2D eigenvalue weighted by atomic mass is 32.1. The molecular formula is C21H23N3OS. The van der Waals surface area contributed by atoms with Gasteiger partial charge in [0.25, 0.3) is 0 Å². The fourth-order valence-corrected chi connectivity index (χ4v) is 4.58. The van der Waals surface area contributed by atoms with Crippen LogP contribution >= 0.6 is 11.3 Å². The molecule has 1 aromatic heterocycles. The highest BCUT2D eigenvalue weighted by Gasteiger charge is 2.29. The predicted molar refractivity (Wildman–Crippen MR) is 107 cm³/mol. The van der Waals surface area contributed by atoms with E-state index in [0.29, 0.717) is 12.5 Å². The standard InChI is InChI=1S/C21H23N3OS/c1-3-24-12-16(13-24)21-23-11-20(26-21)19-9-8-15(10-22-14(2)25)17-6-4-5-7-18(17)19/h4-9,11,16H,3,10,12-13H2,1-2H3,(H,22,25). The van der Waals surface area contributed by atoms with Crippen LogP contribution in [-0.2, 0) is 11.3 Å². The lowest BCUT2D eigenvalue weighted by molar-refractivity contribution is -0.119. The maximum atomic E-state index is 11.3. The third kappa shape index (κ3) is 3.24. The van der Waals surface area contributed by atoms with Gasteiger partial charge in [-0.05, 0) is 22.9 Å². The molecule has 4 nitrogen and oxygen atoms in total. The van der Waals surface area contributed by atoms with Gasteiger partial charge in [-0.25, -0.2) is 4.98 Å². The van der Waals surface area contributed by atoms with Crippen molar-refractivity contribution in [3.8, 4) is 10.4 Å². The molecule has 1 N–H and O–H groups in total. The van der Waals surface area contributed by atoms with E-state index in [0.717, 1.165) is 25.2 Å². The number of carbonyl (C=O) groups is 1. The summed E-state index contributed by atoms with van der Waals surface area (Å²) in [6, 6.07) is 12.7. The van der Waals surface area contributed by atoms with Gasteiger partial charge in [0.1, 0.15) is 0 Å². The summed E-state index contributed by atoms with van der Waals surface area (Å²) in [5, 5.41) is 6.56. The van der Waals surface area contributed by atoms with Crippen molar-refractivity contribution < 1.29 is 4.79 Å². The van der Waals surface area contributed by atoms with Crippen molar-refractivity contribution in [3.63, 3.8) is 0 Å². The molecule has 4 rings (SSSR count). The number of aromatic nitrogens is 1. The lowest BCUT2D eigenvalue weighted by atomic mass is 9.99. The van der Waals surface area contributed by atoms with E-state index >= 15 is 0 Å². The molecular weight excluding hydrogens is 342 g/mol. The molecule has 3 aromatic rings. The summed E-state index contributed by atoms with van der Waals surface area (Å²) in [6.07, 6.45) is 2.02. The number of thiazole rings is 1. The molecule has 1 amide bonds. The number of likely N-dealkylation sites (tertiary alicyclic amines) is 1. The number of rotatable bonds is 5. The molecule has 5 heteroatoms. The third-order valence-electron chi connectivity index (χ3n) is 5.08. The number of nitrogens with zero attached hydrogens (tertiary/aromatic N) is 2. The minimum atomic E-state index is -0.00752. The molecule has 1 aliphatic rings. The van der Waals surface area contributed by atoms with E-state index in [1.165, 1.54) is 26.2 Å². The third-order valence-corrected chi connectivity index (χ3v) is 6.28. The fourth-order valence-electron chi connectivity index (χ4n) is 3.54. The summed E-state index contributed by atoms with van der Waals surface area (Å²) >= 11 is 1.81. The number of fused-ring (bicyclic) bond motifs is 1. The zero-order valence-corrected chi connectivity index (χ0v) is 16.0. The fraction of sp³-hybridized carbons (Fsp3) is 0.333. The van der Waals surface area contributed by atoms with Gasteiger partial charge in [-0.2, -0.15) is 0 Å². The van der Waals surface area contributed by atoms with Crippen LogP contribution in [0.1, 0.15) is 30.3 Å². The highest BCUT2D eigenvalue weighted by molar-refractivity contribution is 7.15. The van der Waals surface area contributed by atoms with Crippen molar-refractivity contribution >= 4 is 28.0 Å². The van der Waals surface area contributed by atoms with Crippen molar-refractivity contribution in [2.24, 2.45) is 0 Å². The molecule has 0 spiro atoms. The summed E-state index contributed by atoms with van der Waals surface area (Å²) in [7, 11) is 0. The largest absolute Gasteiger partial charge is 0.352 e. The highest BCUT2D eigenvalue weighted by Crippen LogP contribution is 2.37.